The second-order valence-corrected chi connectivity index (χ2v) is 6.94. The van der Waals surface area contributed by atoms with E-state index in [4.69, 9.17) is 11.6 Å². The van der Waals surface area contributed by atoms with Gasteiger partial charge in [0, 0.05) is 44.7 Å². The molecular weight excluding hydrogens is 371 g/mol. The Morgan fingerprint density at radius 1 is 1.30 bits per heavy atom. The van der Waals surface area contributed by atoms with E-state index in [0.29, 0.717) is 18.4 Å². The summed E-state index contributed by atoms with van der Waals surface area (Å²) in [5, 5.41) is 3.22. The molecule has 0 saturated carbocycles. The molecular formula is C20H26ClFN2O3. The van der Waals surface area contributed by atoms with Gasteiger partial charge in [-0.25, -0.2) is 4.39 Å². The van der Waals surface area contributed by atoms with Crippen LogP contribution in [0.5, 0.6) is 0 Å². The Hall–Kier alpha value is -2.31. The van der Waals surface area contributed by atoms with E-state index in [1.54, 1.807) is 6.07 Å². The fourth-order valence-corrected chi connectivity index (χ4v) is 3.23. The van der Waals surface area contributed by atoms with Gasteiger partial charge in [0.25, 0.3) is 0 Å². The second-order valence-electron chi connectivity index (χ2n) is 6.53. The summed E-state index contributed by atoms with van der Waals surface area (Å²) >= 11 is 6.10. The summed E-state index contributed by atoms with van der Waals surface area (Å²) < 4.78 is 15.2. The van der Waals surface area contributed by atoms with Crippen molar-refractivity contribution in [3.05, 3.63) is 68.3 Å². The van der Waals surface area contributed by atoms with Crippen LogP contribution in [0.3, 0.4) is 0 Å². The minimum absolute atomic E-state index is 0. The molecule has 0 saturated heterocycles. The SMILES string of the molecule is CC[C@@H](N[C@@H](C)CC(C)=O)c1ccc(Cl)c(C(=O)c2ccc(=O)[nH]c2)c1F.[HH].[HH]. The number of pyridine rings is 1. The number of H-pyrrole nitrogens is 1. The van der Waals surface area contributed by atoms with Crippen LogP contribution in [-0.4, -0.2) is 22.6 Å². The zero-order chi connectivity index (χ0) is 20.1. The van der Waals surface area contributed by atoms with E-state index in [9.17, 15) is 14.4 Å². The molecule has 148 valence electrons. The summed E-state index contributed by atoms with van der Waals surface area (Å²) in [5.41, 5.74) is -0.147. The van der Waals surface area contributed by atoms with E-state index in [1.807, 2.05) is 13.8 Å². The smallest absolute Gasteiger partial charge is 0.247 e. The van der Waals surface area contributed by atoms with Crippen LogP contribution in [0.15, 0.2) is 35.3 Å². The average molecular weight is 397 g/mol. The Labute approximate surface area is 164 Å². The maximum absolute atomic E-state index is 15.2. The zero-order valence-electron chi connectivity index (χ0n) is 15.4. The number of carbonyl (C=O) groups excluding carboxylic acids is 2. The van der Waals surface area contributed by atoms with E-state index in [-0.39, 0.29) is 42.4 Å². The van der Waals surface area contributed by atoms with Gasteiger partial charge in [0.05, 0.1) is 10.6 Å². The molecule has 0 aliphatic carbocycles. The van der Waals surface area contributed by atoms with Crippen molar-refractivity contribution in [3.8, 4) is 0 Å². The van der Waals surface area contributed by atoms with Crippen LogP contribution in [0.1, 0.15) is 64.0 Å². The second kappa shape index (κ2) is 9.06. The third-order valence-corrected chi connectivity index (χ3v) is 4.57. The highest BCUT2D eigenvalue weighted by molar-refractivity contribution is 6.35. The quantitative estimate of drug-likeness (QED) is 0.652. The topological polar surface area (TPSA) is 79.0 Å². The largest absolute Gasteiger partial charge is 0.328 e. The highest BCUT2D eigenvalue weighted by Gasteiger charge is 2.25. The third-order valence-electron chi connectivity index (χ3n) is 4.26. The number of Topliss-reactive ketones (excluding diaryl/α,β-unsaturated/α-hetero) is 1. The molecule has 5 nitrogen and oxygen atoms in total. The molecule has 0 aliphatic heterocycles. The van der Waals surface area contributed by atoms with Gasteiger partial charge < -0.3 is 10.3 Å². The zero-order valence-corrected chi connectivity index (χ0v) is 16.2. The molecule has 0 unspecified atom stereocenters. The number of aromatic amines is 1. The molecule has 2 N–H and O–H groups in total. The number of halogens is 2. The maximum atomic E-state index is 15.2. The summed E-state index contributed by atoms with van der Waals surface area (Å²) in [6, 6.07) is 5.04. The third kappa shape index (κ3) is 5.11. The van der Waals surface area contributed by atoms with Crippen molar-refractivity contribution < 1.29 is 16.8 Å². The number of benzene rings is 1. The van der Waals surface area contributed by atoms with Crippen molar-refractivity contribution in [2.45, 2.75) is 45.7 Å². The summed E-state index contributed by atoms with van der Waals surface area (Å²) in [4.78, 5) is 37.6. The van der Waals surface area contributed by atoms with Gasteiger partial charge in [-0.05, 0) is 32.4 Å². The Morgan fingerprint density at radius 2 is 2.00 bits per heavy atom. The predicted molar refractivity (Wildman–Crippen MR) is 107 cm³/mol. The first-order chi connectivity index (χ1) is 12.7. The Kier molecular flexibility index (Phi) is 7.05. The van der Waals surface area contributed by atoms with Crippen molar-refractivity contribution in [2.24, 2.45) is 0 Å². The molecule has 2 rings (SSSR count). The standard InChI is InChI=1S/C20H22ClFN2O3.2H2/c1-4-16(24-11(2)9-12(3)25)14-6-7-15(21)18(19(14)22)20(27)13-5-8-17(26)23-10-13;;/h5-8,10-11,16,24H,4,9H2,1-3H3,(H,23,26);2*1H/t11-,16+;;/m0../s1. The first-order valence-corrected chi connectivity index (χ1v) is 9.09. The highest BCUT2D eigenvalue weighted by atomic mass is 35.5. The summed E-state index contributed by atoms with van der Waals surface area (Å²) in [6.07, 6.45) is 2.12. The molecule has 2 aromatic rings. The summed E-state index contributed by atoms with van der Waals surface area (Å²) in [6.45, 7) is 5.24. The minimum atomic E-state index is -0.701. The molecule has 1 aromatic carbocycles. The van der Waals surface area contributed by atoms with Gasteiger partial charge in [-0.2, -0.15) is 0 Å². The van der Waals surface area contributed by atoms with Gasteiger partial charge >= 0.3 is 0 Å². The van der Waals surface area contributed by atoms with Crippen molar-refractivity contribution in [1.29, 1.82) is 0 Å². The fourth-order valence-electron chi connectivity index (χ4n) is 3.00. The van der Waals surface area contributed by atoms with E-state index < -0.39 is 11.6 Å². The number of rotatable bonds is 8. The summed E-state index contributed by atoms with van der Waals surface area (Å²) in [7, 11) is 0. The number of hydrogen-bond acceptors (Lipinski definition) is 4. The first-order valence-electron chi connectivity index (χ1n) is 8.71. The van der Waals surface area contributed by atoms with Crippen LogP contribution in [-0.2, 0) is 4.79 Å². The average Bonchev–Trinajstić information content (AvgIpc) is 2.60. The minimum Gasteiger partial charge on any atom is -0.328 e. The number of nitrogens with one attached hydrogen (secondary N) is 2. The number of ketones is 2. The molecule has 0 spiro atoms. The lowest BCUT2D eigenvalue weighted by Gasteiger charge is -2.23. The van der Waals surface area contributed by atoms with Crippen molar-refractivity contribution in [2.75, 3.05) is 0 Å². The normalized spacial score (nSPS) is 13.2. The van der Waals surface area contributed by atoms with Crippen LogP contribution in [0.25, 0.3) is 0 Å². The molecule has 0 radical (unpaired) electrons. The first kappa shape index (κ1) is 21.0. The van der Waals surface area contributed by atoms with Gasteiger partial charge in [0.2, 0.25) is 5.56 Å². The van der Waals surface area contributed by atoms with Crippen LogP contribution < -0.4 is 10.9 Å². The van der Waals surface area contributed by atoms with E-state index in [0.717, 1.165) is 0 Å². The molecule has 0 fully saturated rings. The molecule has 27 heavy (non-hydrogen) atoms. The van der Waals surface area contributed by atoms with Crippen molar-refractivity contribution in [1.82, 2.24) is 10.3 Å². The van der Waals surface area contributed by atoms with Gasteiger partial charge in [-0.3, -0.25) is 14.4 Å². The number of hydrogen-bond donors (Lipinski definition) is 2. The van der Waals surface area contributed by atoms with Gasteiger partial charge in [-0.1, -0.05) is 24.6 Å². The van der Waals surface area contributed by atoms with Crippen LogP contribution in [0, 0.1) is 5.82 Å². The lowest BCUT2D eigenvalue weighted by Crippen LogP contribution is -2.32. The molecule has 0 amide bonds. The maximum Gasteiger partial charge on any atom is 0.247 e. The lowest BCUT2D eigenvalue weighted by atomic mass is 9.96. The predicted octanol–water partition coefficient (Wildman–Crippen LogP) is 4.30. The molecule has 0 bridgehead atoms. The monoisotopic (exact) mass is 396 g/mol. The molecule has 1 heterocycles. The van der Waals surface area contributed by atoms with Gasteiger partial charge in [0.1, 0.15) is 11.6 Å². The van der Waals surface area contributed by atoms with E-state index in [2.05, 4.69) is 10.3 Å². The molecule has 7 heteroatoms. The van der Waals surface area contributed by atoms with Crippen LogP contribution >= 0.6 is 11.6 Å². The lowest BCUT2D eigenvalue weighted by molar-refractivity contribution is -0.117. The van der Waals surface area contributed by atoms with Gasteiger partial charge in [-0.15, -0.1) is 0 Å². The molecule has 0 aliphatic rings. The Morgan fingerprint density at radius 3 is 2.56 bits per heavy atom. The highest BCUT2D eigenvalue weighted by Crippen LogP contribution is 2.29. The van der Waals surface area contributed by atoms with E-state index >= 15 is 4.39 Å². The summed E-state index contributed by atoms with van der Waals surface area (Å²) in [5.74, 6) is -1.27. The fraction of sp³-hybridized carbons (Fsp3) is 0.350. The Bertz CT molecular complexity index is 901. The van der Waals surface area contributed by atoms with Crippen molar-refractivity contribution >= 4 is 23.2 Å². The van der Waals surface area contributed by atoms with E-state index in [1.165, 1.54) is 31.3 Å². The van der Waals surface area contributed by atoms with Crippen molar-refractivity contribution in [3.63, 3.8) is 0 Å². The van der Waals surface area contributed by atoms with Crippen LogP contribution in [0.4, 0.5) is 4.39 Å². The Balaban J connectivity index is 0.00000392. The molecule has 1 aromatic heterocycles. The number of aromatic nitrogens is 1. The number of carbonyl (C=O) groups is 2. The van der Waals surface area contributed by atoms with Crippen LogP contribution in [0.2, 0.25) is 5.02 Å². The molecule has 2 atom stereocenters. The van der Waals surface area contributed by atoms with Gasteiger partial charge in [0.15, 0.2) is 5.78 Å².